The lowest BCUT2D eigenvalue weighted by molar-refractivity contribution is -0.134. The maximum atomic E-state index is 13.5. The summed E-state index contributed by atoms with van der Waals surface area (Å²) in [4.78, 5) is 40.0. The summed E-state index contributed by atoms with van der Waals surface area (Å²) in [7, 11) is -3.63. The molecule has 2 aromatic rings. The lowest BCUT2D eigenvalue weighted by Crippen LogP contribution is -2.55. The fourth-order valence-electron chi connectivity index (χ4n) is 4.68. The zero-order valence-corrected chi connectivity index (χ0v) is 20.5. The molecule has 0 saturated carbocycles. The fraction of sp³-hybridized carbons (Fsp3) is 0.478. The number of rotatable bonds is 6. The van der Waals surface area contributed by atoms with Gasteiger partial charge >= 0.3 is 0 Å². The molecule has 2 amide bonds. The summed E-state index contributed by atoms with van der Waals surface area (Å²) in [5, 5.41) is 0. The molecule has 0 aliphatic carbocycles. The monoisotopic (exact) mass is 486 g/mol. The first-order valence-corrected chi connectivity index (χ1v) is 13.0. The Kier molecular flexibility index (Phi) is 6.85. The van der Waals surface area contributed by atoms with Crippen molar-refractivity contribution in [1.82, 2.24) is 19.2 Å². The molecule has 0 bridgehead atoms. The number of anilines is 2. The number of aromatic nitrogens is 2. The van der Waals surface area contributed by atoms with E-state index in [2.05, 4.69) is 9.97 Å². The quantitative estimate of drug-likeness (QED) is 0.603. The first kappa shape index (κ1) is 24.1. The molecule has 3 heterocycles. The van der Waals surface area contributed by atoms with Crippen LogP contribution in [0.25, 0.3) is 0 Å². The van der Waals surface area contributed by atoms with Gasteiger partial charge in [0.25, 0.3) is 0 Å². The minimum atomic E-state index is -3.63. The first-order valence-electron chi connectivity index (χ1n) is 11.5. The molecule has 10 nitrogen and oxygen atoms in total. The van der Waals surface area contributed by atoms with Gasteiger partial charge in [-0.1, -0.05) is 13.8 Å². The van der Waals surface area contributed by atoms with Crippen molar-refractivity contribution in [1.29, 1.82) is 0 Å². The third-order valence-corrected chi connectivity index (χ3v) is 8.48. The molecule has 0 spiro atoms. The Morgan fingerprint density at radius 2 is 1.71 bits per heavy atom. The van der Waals surface area contributed by atoms with Crippen molar-refractivity contribution in [3.8, 4) is 0 Å². The van der Waals surface area contributed by atoms with E-state index in [1.807, 2.05) is 4.90 Å². The molecule has 182 valence electrons. The third-order valence-electron chi connectivity index (χ3n) is 6.43. The smallest absolute Gasteiger partial charge is 0.246 e. The highest BCUT2D eigenvalue weighted by Gasteiger charge is 2.40. The van der Waals surface area contributed by atoms with Crippen LogP contribution in [0.2, 0.25) is 0 Å². The van der Waals surface area contributed by atoms with Crippen LogP contribution in [0.5, 0.6) is 0 Å². The molecule has 1 aromatic heterocycles. The molecule has 1 fully saturated rings. The number of nitrogens with zero attached hydrogens (tertiary/aromatic N) is 6. The van der Waals surface area contributed by atoms with Crippen LogP contribution in [0.15, 0.2) is 41.6 Å². The van der Waals surface area contributed by atoms with Gasteiger partial charge in [-0.05, 0) is 29.8 Å². The van der Waals surface area contributed by atoms with Crippen molar-refractivity contribution in [3.63, 3.8) is 0 Å². The minimum Gasteiger partial charge on any atom is -0.337 e. The maximum Gasteiger partial charge on any atom is 0.246 e. The van der Waals surface area contributed by atoms with Crippen molar-refractivity contribution < 1.29 is 18.0 Å². The third kappa shape index (κ3) is 4.37. The van der Waals surface area contributed by atoms with E-state index in [1.54, 1.807) is 49.3 Å². The van der Waals surface area contributed by atoms with Gasteiger partial charge < -0.3 is 9.80 Å². The minimum absolute atomic E-state index is 0.131. The Morgan fingerprint density at radius 1 is 1.06 bits per heavy atom. The second-order valence-corrected chi connectivity index (χ2v) is 10.3. The van der Waals surface area contributed by atoms with Crippen LogP contribution in [-0.4, -0.2) is 84.7 Å². The Labute approximate surface area is 200 Å². The van der Waals surface area contributed by atoms with Crippen LogP contribution in [-0.2, 0) is 26.0 Å². The van der Waals surface area contributed by atoms with Crippen LogP contribution < -0.4 is 9.80 Å². The predicted octanol–water partition coefficient (Wildman–Crippen LogP) is 1.13. The predicted molar refractivity (Wildman–Crippen MR) is 128 cm³/mol. The summed E-state index contributed by atoms with van der Waals surface area (Å²) in [6.07, 6.45) is 3.67. The molecule has 34 heavy (non-hydrogen) atoms. The van der Waals surface area contributed by atoms with Gasteiger partial charge in [0.2, 0.25) is 27.8 Å². The number of piperazine rings is 1. The largest absolute Gasteiger partial charge is 0.337 e. The van der Waals surface area contributed by atoms with Crippen LogP contribution in [0.3, 0.4) is 0 Å². The highest BCUT2D eigenvalue weighted by atomic mass is 32.2. The maximum absolute atomic E-state index is 13.5. The number of fused-ring (bicyclic) bond motifs is 1. The van der Waals surface area contributed by atoms with Gasteiger partial charge in [0.05, 0.1) is 4.90 Å². The Morgan fingerprint density at radius 3 is 2.29 bits per heavy atom. The van der Waals surface area contributed by atoms with E-state index >= 15 is 0 Å². The molecule has 11 heteroatoms. The molecule has 1 saturated heterocycles. The topological polar surface area (TPSA) is 107 Å². The van der Waals surface area contributed by atoms with E-state index in [0.29, 0.717) is 56.5 Å². The Hall–Kier alpha value is -3.05. The summed E-state index contributed by atoms with van der Waals surface area (Å²) in [5.74, 6) is 0.260. The number of hydrogen-bond donors (Lipinski definition) is 0. The number of amides is 2. The highest BCUT2D eigenvalue weighted by Crippen LogP contribution is 2.35. The fourth-order valence-corrected chi connectivity index (χ4v) is 6.19. The van der Waals surface area contributed by atoms with Crippen molar-refractivity contribution in [3.05, 3.63) is 42.2 Å². The summed E-state index contributed by atoms with van der Waals surface area (Å²) < 4.78 is 27.3. The van der Waals surface area contributed by atoms with E-state index in [0.717, 1.165) is 0 Å². The molecule has 0 radical (unpaired) electrons. The van der Waals surface area contributed by atoms with Crippen molar-refractivity contribution in [2.75, 3.05) is 49.1 Å². The van der Waals surface area contributed by atoms with Gasteiger partial charge in [-0.2, -0.15) is 4.31 Å². The van der Waals surface area contributed by atoms with Gasteiger partial charge in [0.15, 0.2) is 0 Å². The molecule has 2 aliphatic rings. The van der Waals surface area contributed by atoms with Crippen LogP contribution in [0, 0.1) is 0 Å². The van der Waals surface area contributed by atoms with E-state index in [9.17, 15) is 18.0 Å². The van der Waals surface area contributed by atoms with E-state index in [4.69, 9.17) is 0 Å². The average Bonchev–Trinajstić information content (AvgIpc) is 3.24. The average molecular weight is 487 g/mol. The zero-order valence-electron chi connectivity index (χ0n) is 19.7. The normalized spacial score (nSPS) is 18.4. The molecule has 4 rings (SSSR count). The second kappa shape index (κ2) is 9.67. The number of sulfonamides is 1. The Bertz CT molecular complexity index is 1160. The summed E-state index contributed by atoms with van der Waals surface area (Å²) in [6, 6.07) is 5.85. The van der Waals surface area contributed by atoms with Crippen LogP contribution in [0.4, 0.5) is 11.6 Å². The van der Waals surface area contributed by atoms with Gasteiger partial charge in [0, 0.05) is 70.7 Å². The lowest BCUT2D eigenvalue weighted by Gasteiger charge is -2.37. The standard InChI is InChI=1S/C23H30N6O4S/c1-4-28(5-2)34(32,33)19-7-8-20-18(15-19)16-21(29(20)17(3)30)22(31)26-11-13-27(14-12-26)23-24-9-6-10-25-23/h6-10,15,21H,4-5,11-14,16H2,1-3H3/t21-/m0/s1. The van der Waals surface area contributed by atoms with Gasteiger partial charge in [0.1, 0.15) is 6.04 Å². The first-order chi connectivity index (χ1) is 16.3. The van der Waals surface area contributed by atoms with E-state index < -0.39 is 16.1 Å². The second-order valence-electron chi connectivity index (χ2n) is 8.35. The summed E-state index contributed by atoms with van der Waals surface area (Å²) in [6.45, 7) is 7.96. The molecule has 1 atom stereocenters. The number of carbonyl (C=O) groups is 2. The number of hydrogen-bond acceptors (Lipinski definition) is 7. The molecule has 0 N–H and O–H groups in total. The van der Waals surface area contributed by atoms with E-state index in [1.165, 1.54) is 22.2 Å². The Balaban J connectivity index is 1.53. The van der Waals surface area contributed by atoms with Gasteiger partial charge in [-0.3, -0.25) is 14.5 Å². The SMILES string of the molecule is CCN(CC)S(=O)(=O)c1ccc2c(c1)C[C@@H](C(=O)N1CCN(c3ncccn3)CC1)N2C(C)=O. The molecule has 1 aromatic carbocycles. The van der Waals surface area contributed by atoms with Crippen LogP contribution >= 0.6 is 0 Å². The van der Waals surface area contributed by atoms with Gasteiger partial charge in [-0.15, -0.1) is 0 Å². The van der Waals surface area contributed by atoms with E-state index in [-0.39, 0.29) is 23.1 Å². The summed E-state index contributed by atoms with van der Waals surface area (Å²) in [5.41, 5.74) is 1.29. The number of carbonyl (C=O) groups excluding carboxylic acids is 2. The van der Waals surface area contributed by atoms with Crippen molar-refractivity contribution in [2.24, 2.45) is 0 Å². The lowest BCUT2D eigenvalue weighted by atomic mass is 10.1. The number of benzene rings is 1. The molecule has 0 unspecified atom stereocenters. The summed E-state index contributed by atoms with van der Waals surface area (Å²) >= 11 is 0. The molecule has 2 aliphatic heterocycles. The molecular weight excluding hydrogens is 456 g/mol. The van der Waals surface area contributed by atoms with Crippen LogP contribution in [0.1, 0.15) is 26.3 Å². The zero-order chi connectivity index (χ0) is 24.5. The van der Waals surface area contributed by atoms with Gasteiger partial charge in [-0.25, -0.2) is 18.4 Å². The molecular formula is C23H30N6O4S. The van der Waals surface area contributed by atoms with Crippen molar-refractivity contribution in [2.45, 2.75) is 38.1 Å². The van der Waals surface area contributed by atoms with Crippen molar-refractivity contribution >= 4 is 33.5 Å². The highest BCUT2D eigenvalue weighted by molar-refractivity contribution is 7.89.